The van der Waals surface area contributed by atoms with Crippen LogP contribution < -0.4 is 5.73 Å². The molecule has 0 atom stereocenters. The van der Waals surface area contributed by atoms with Crippen LogP contribution >= 0.6 is 39.3 Å². The number of hydrogen-bond donors (Lipinski definition) is 1. The Hall–Kier alpha value is -2.97. The standard InChI is InChI=1S/C23H14BrClN4OS/c1-11-16(20-12(2)18(10-27)22(28)29-21(20)17(11)9-26)7-14-8-19(24)23(30-14)31-15-5-3-13(25)4-6-15/h3-8H,1-2H3,(H2,28,29)/b16-7-. The first-order valence-electron chi connectivity index (χ1n) is 9.10. The van der Waals surface area contributed by atoms with Crippen molar-refractivity contribution in [2.24, 2.45) is 0 Å². The van der Waals surface area contributed by atoms with Crippen molar-refractivity contribution in [3.63, 3.8) is 0 Å². The topological polar surface area (TPSA) is 99.6 Å². The monoisotopic (exact) mass is 508 g/mol. The number of pyridine rings is 1. The largest absolute Gasteiger partial charge is 0.449 e. The lowest BCUT2D eigenvalue weighted by atomic mass is 9.96. The quantitative estimate of drug-likeness (QED) is 0.414. The Bertz CT molecular complexity index is 1370. The van der Waals surface area contributed by atoms with E-state index in [2.05, 4.69) is 33.1 Å². The summed E-state index contributed by atoms with van der Waals surface area (Å²) in [5.74, 6) is 0.737. The first-order chi connectivity index (χ1) is 14.8. The van der Waals surface area contributed by atoms with E-state index in [0.29, 0.717) is 38.3 Å². The van der Waals surface area contributed by atoms with E-state index in [1.54, 1.807) is 0 Å². The maximum atomic E-state index is 9.68. The summed E-state index contributed by atoms with van der Waals surface area (Å²) in [5, 5.41) is 20.5. The Balaban J connectivity index is 1.80. The average molecular weight is 510 g/mol. The van der Waals surface area contributed by atoms with Gasteiger partial charge in [-0.25, -0.2) is 4.98 Å². The Morgan fingerprint density at radius 2 is 1.90 bits per heavy atom. The number of aromatic nitrogens is 1. The molecule has 4 rings (SSSR count). The molecule has 0 bridgehead atoms. The van der Waals surface area contributed by atoms with Gasteiger partial charge in [-0.2, -0.15) is 10.5 Å². The molecule has 8 heteroatoms. The van der Waals surface area contributed by atoms with Crippen LogP contribution in [-0.2, 0) is 0 Å². The molecule has 1 aliphatic carbocycles. The highest BCUT2D eigenvalue weighted by molar-refractivity contribution is 9.10. The molecule has 31 heavy (non-hydrogen) atoms. The molecule has 0 spiro atoms. The summed E-state index contributed by atoms with van der Waals surface area (Å²) in [4.78, 5) is 5.33. The van der Waals surface area contributed by atoms with Crippen molar-refractivity contribution in [3.05, 3.63) is 73.5 Å². The highest BCUT2D eigenvalue weighted by Crippen LogP contribution is 2.45. The highest BCUT2D eigenvalue weighted by Gasteiger charge is 2.30. The maximum absolute atomic E-state index is 9.68. The van der Waals surface area contributed by atoms with Crippen molar-refractivity contribution in [2.75, 3.05) is 5.73 Å². The fourth-order valence-corrected chi connectivity index (χ4v) is 4.91. The Morgan fingerprint density at radius 3 is 2.55 bits per heavy atom. The summed E-state index contributed by atoms with van der Waals surface area (Å²) in [7, 11) is 0. The van der Waals surface area contributed by atoms with Crippen molar-refractivity contribution < 1.29 is 4.42 Å². The number of nitrogen functional groups attached to an aromatic ring is 1. The van der Waals surface area contributed by atoms with E-state index in [9.17, 15) is 10.5 Å². The van der Waals surface area contributed by atoms with Gasteiger partial charge in [-0.3, -0.25) is 0 Å². The molecule has 0 saturated heterocycles. The Labute approximate surface area is 197 Å². The van der Waals surface area contributed by atoms with E-state index in [1.165, 1.54) is 11.8 Å². The van der Waals surface area contributed by atoms with Crippen LogP contribution in [0.2, 0.25) is 5.02 Å². The van der Waals surface area contributed by atoms with Gasteiger partial charge in [0.2, 0.25) is 0 Å². The van der Waals surface area contributed by atoms with Gasteiger partial charge in [0.25, 0.3) is 0 Å². The van der Waals surface area contributed by atoms with Gasteiger partial charge in [-0.1, -0.05) is 23.4 Å². The molecule has 0 saturated carbocycles. The number of rotatable bonds is 3. The van der Waals surface area contributed by atoms with Gasteiger partial charge in [-0.15, -0.1) is 0 Å². The fraction of sp³-hybridized carbons (Fsp3) is 0.0870. The molecule has 2 N–H and O–H groups in total. The number of nitrogens with two attached hydrogens (primary N) is 1. The van der Waals surface area contributed by atoms with Crippen LogP contribution in [0.1, 0.15) is 35.1 Å². The van der Waals surface area contributed by atoms with Gasteiger partial charge >= 0.3 is 0 Å². The molecule has 0 radical (unpaired) electrons. The van der Waals surface area contributed by atoms with Crippen molar-refractivity contribution in [3.8, 4) is 12.1 Å². The molecule has 0 amide bonds. The lowest BCUT2D eigenvalue weighted by molar-refractivity contribution is 0.463. The zero-order valence-corrected chi connectivity index (χ0v) is 19.6. The molecule has 1 aromatic carbocycles. The molecule has 1 aliphatic rings. The van der Waals surface area contributed by atoms with E-state index >= 15 is 0 Å². The zero-order valence-electron chi connectivity index (χ0n) is 16.5. The van der Waals surface area contributed by atoms with E-state index in [1.807, 2.05) is 50.3 Å². The van der Waals surface area contributed by atoms with Crippen molar-refractivity contribution in [2.45, 2.75) is 23.8 Å². The molecule has 0 fully saturated rings. The number of furan rings is 1. The molecule has 152 valence electrons. The van der Waals surface area contributed by atoms with E-state index < -0.39 is 0 Å². The summed E-state index contributed by atoms with van der Waals surface area (Å²) >= 11 is 11.0. The van der Waals surface area contributed by atoms with Crippen molar-refractivity contribution >= 4 is 62.3 Å². The number of anilines is 1. The van der Waals surface area contributed by atoms with Gasteiger partial charge in [-0.05, 0) is 82.9 Å². The van der Waals surface area contributed by atoms with Gasteiger partial charge in [0.15, 0.2) is 5.09 Å². The van der Waals surface area contributed by atoms with Crippen LogP contribution in [0.5, 0.6) is 0 Å². The Morgan fingerprint density at radius 1 is 1.19 bits per heavy atom. The number of allylic oxidation sites excluding steroid dienone is 3. The second-order valence-electron chi connectivity index (χ2n) is 6.84. The van der Waals surface area contributed by atoms with Crippen LogP contribution in [0.4, 0.5) is 5.82 Å². The van der Waals surface area contributed by atoms with Crippen LogP contribution in [-0.4, -0.2) is 4.98 Å². The van der Waals surface area contributed by atoms with Crippen LogP contribution in [0, 0.1) is 29.6 Å². The molecular formula is C23H14BrClN4OS. The zero-order chi connectivity index (χ0) is 22.3. The molecule has 5 nitrogen and oxygen atoms in total. The first kappa shape index (κ1) is 21.3. The molecule has 0 unspecified atom stereocenters. The minimum atomic E-state index is 0.128. The summed E-state index contributed by atoms with van der Waals surface area (Å²) in [6.07, 6.45) is 1.86. The molecule has 2 aromatic heterocycles. The summed E-state index contributed by atoms with van der Waals surface area (Å²) in [5.41, 5.74) is 10.2. The van der Waals surface area contributed by atoms with E-state index in [4.69, 9.17) is 21.8 Å². The minimum Gasteiger partial charge on any atom is -0.449 e. The number of benzene rings is 1. The number of fused-ring (bicyclic) bond motifs is 1. The summed E-state index contributed by atoms with van der Waals surface area (Å²) in [6.45, 7) is 3.67. The predicted octanol–water partition coefficient (Wildman–Crippen LogP) is 6.86. The normalized spacial score (nSPS) is 13.9. The van der Waals surface area contributed by atoms with E-state index in [-0.39, 0.29) is 5.82 Å². The van der Waals surface area contributed by atoms with Crippen LogP contribution in [0.15, 0.2) is 54.8 Å². The number of nitriles is 2. The molecule has 0 aliphatic heterocycles. The van der Waals surface area contributed by atoms with Crippen LogP contribution in [0.3, 0.4) is 0 Å². The smallest absolute Gasteiger partial charge is 0.179 e. The number of halogens is 2. The molecular weight excluding hydrogens is 496 g/mol. The lowest BCUT2D eigenvalue weighted by Gasteiger charge is -2.10. The highest BCUT2D eigenvalue weighted by atomic mass is 79.9. The van der Waals surface area contributed by atoms with E-state index in [0.717, 1.165) is 26.1 Å². The van der Waals surface area contributed by atoms with Gasteiger partial charge in [0.1, 0.15) is 23.7 Å². The Kier molecular flexibility index (Phi) is 5.68. The third-order valence-electron chi connectivity index (χ3n) is 4.97. The van der Waals surface area contributed by atoms with Crippen molar-refractivity contribution in [1.29, 1.82) is 10.5 Å². The SMILES string of the molecule is CC1=C(C#N)c2nc(N)c(C#N)c(C)c2/C1=C\c1cc(Br)c(Sc2ccc(Cl)cc2)o1. The fourth-order valence-electron chi connectivity index (χ4n) is 3.46. The summed E-state index contributed by atoms with van der Waals surface area (Å²) in [6, 6.07) is 13.7. The second-order valence-corrected chi connectivity index (χ2v) is 9.18. The third-order valence-corrected chi connectivity index (χ3v) is 7.07. The molecule has 2 heterocycles. The minimum absolute atomic E-state index is 0.128. The maximum Gasteiger partial charge on any atom is 0.179 e. The predicted molar refractivity (Wildman–Crippen MR) is 126 cm³/mol. The number of nitrogens with zero attached hydrogens (tertiary/aromatic N) is 3. The second kappa shape index (κ2) is 8.28. The average Bonchev–Trinajstić information content (AvgIpc) is 3.20. The van der Waals surface area contributed by atoms with Gasteiger partial charge in [0.05, 0.1) is 21.3 Å². The molecule has 3 aromatic rings. The summed E-state index contributed by atoms with van der Waals surface area (Å²) < 4.78 is 6.86. The first-order valence-corrected chi connectivity index (χ1v) is 11.1. The van der Waals surface area contributed by atoms with Crippen LogP contribution in [0.25, 0.3) is 17.2 Å². The third kappa shape index (κ3) is 3.77. The number of hydrogen-bond acceptors (Lipinski definition) is 6. The van der Waals surface area contributed by atoms with Crippen molar-refractivity contribution in [1.82, 2.24) is 4.98 Å². The van der Waals surface area contributed by atoms with Gasteiger partial charge in [0, 0.05) is 15.5 Å². The van der Waals surface area contributed by atoms with Gasteiger partial charge < -0.3 is 10.2 Å². The lowest BCUT2D eigenvalue weighted by Crippen LogP contribution is -2.03.